The predicted molar refractivity (Wildman–Crippen MR) is 70.0 cm³/mol. The molecule has 1 aromatic carbocycles. The van der Waals surface area contributed by atoms with E-state index in [0.29, 0.717) is 30.7 Å². The number of benzene rings is 1. The first-order chi connectivity index (χ1) is 8.60. The Hall–Kier alpha value is -2.00. The zero-order valence-electron chi connectivity index (χ0n) is 10.9. The molecule has 5 nitrogen and oxygen atoms in total. The van der Waals surface area contributed by atoms with Crippen LogP contribution < -0.4 is 4.74 Å². The van der Waals surface area contributed by atoms with Crippen LogP contribution in [0.1, 0.15) is 34.3 Å². The topological polar surface area (TPSA) is 75.1 Å². The summed E-state index contributed by atoms with van der Waals surface area (Å²) in [5, 5.41) is 3.41. The van der Waals surface area contributed by atoms with Crippen molar-refractivity contribution >= 4 is 5.78 Å². The molecular weight excluding hydrogens is 230 g/mol. The molecule has 0 fully saturated rings. The molecule has 0 saturated carbocycles. The normalized spacial score (nSPS) is 9.72. The van der Waals surface area contributed by atoms with E-state index in [-0.39, 0.29) is 5.78 Å². The molecule has 0 N–H and O–H groups in total. The molecule has 96 valence electrons. The molecule has 1 aromatic rings. The maximum atomic E-state index is 12.0. The van der Waals surface area contributed by atoms with Gasteiger partial charge in [0.25, 0.3) is 0 Å². The standard InChI is InChI=1S/C13H17N3O2/c1-9-7-11(13(18-3)8-10(9)2)12(17)5-4-6-15-16-14/h7-8H,4-6H2,1-3H3. The summed E-state index contributed by atoms with van der Waals surface area (Å²) in [6, 6.07) is 3.72. The molecule has 0 radical (unpaired) electrons. The second kappa shape index (κ2) is 6.67. The fraction of sp³-hybridized carbons (Fsp3) is 0.462. The molecule has 0 aromatic heterocycles. The van der Waals surface area contributed by atoms with Crippen LogP contribution in [0, 0.1) is 13.8 Å². The molecule has 0 spiro atoms. The van der Waals surface area contributed by atoms with E-state index >= 15 is 0 Å². The van der Waals surface area contributed by atoms with Crippen molar-refractivity contribution in [3.63, 3.8) is 0 Å². The molecule has 5 heteroatoms. The molecule has 0 aliphatic carbocycles. The Labute approximate surface area is 106 Å². The first-order valence-corrected chi connectivity index (χ1v) is 5.79. The number of carbonyl (C=O) groups excluding carboxylic acids is 1. The number of hydrogen-bond donors (Lipinski definition) is 0. The maximum Gasteiger partial charge on any atom is 0.166 e. The maximum absolute atomic E-state index is 12.0. The summed E-state index contributed by atoms with van der Waals surface area (Å²) in [5.74, 6) is 0.620. The molecule has 18 heavy (non-hydrogen) atoms. The van der Waals surface area contributed by atoms with Crippen molar-refractivity contribution in [3.05, 3.63) is 39.3 Å². The summed E-state index contributed by atoms with van der Waals surface area (Å²) in [4.78, 5) is 14.7. The van der Waals surface area contributed by atoms with Gasteiger partial charge in [-0.15, -0.1) is 0 Å². The summed E-state index contributed by atoms with van der Waals surface area (Å²) >= 11 is 0. The van der Waals surface area contributed by atoms with E-state index in [4.69, 9.17) is 10.3 Å². The van der Waals surface area contributed by atoms with Crippen molar-refractivity contribution in [1.82, 2.24) is 0 Å². The van der Waals surface area contributed by atoms with Crippen molar-refractivity contribution in [2.75, 3.05) is 13.7 Å². The van der Waals surface area contributed by atoms with Crippen LogP contribution >= 0.6 is 0 Å². The molecule has 0 unspecified atom stereocenters. The van der Waals surface area contributed by atoms with Gasteiger partial charge in [0.05, 0.1) is 12.7 Å². The Kier molecular flexibility index (Phi) is 5.21. The molecule has 0 aliphatic heterocycles. The molecule has 0 atom stereocenters. The minimum atomic E-state index is 0.0167. The Morgan fingerprint density at radius 2 is 2.06 bits per heavy atom. The lowest BCUT2D eigenvalue weighted by Gasteiger charge is -2.10. The van der Waals surface area contributed by atoms with E-state index in [2.05, 4.69) is 10.0 Å². The van der Waals surface area contributed by atoms with E-state index < -0.39 is 0 Å². The summed E-state index contributed by atoms with van der Waals surface area (Å²) < 4.78 is 5.23. The van der Waals surface area contributed by atoms with Crippen molar-refractivity contribution in [3.8, 4) is 5.75 Å². The average Bonchev–Trinajstić information content (AvgIpc) is 2.37. The number of ketones is 1. The lowest BCUT2D eigenvalue weighted by molar-refractivity contribution is 0.0978. The van der Waals surface area contributed by atoms with Gasteiger partial charge in [0.1, 0.15) is 5.75 Å². The lowest BCUT2D eigenvalue weighted by atomic mass is 10.00. The first kappa shape index (κ1) is 14.1. The van der Waals surface area contributed by atoms with Crippen molar-refractivity contribution in [2.24, 2.45) is 5.11 Å². The number of nitrogens with zero attached hydrogens (tertiary/aromatic N) is 3. The van der Waals surface area contributed by atoms with Crippen LogP contribution in [-0.2, 0) is 0 Å². The van der Waals surface area contributed by atoms with Gasteiger partial charge in [-0.2, -0.15) is 0 Å². The Balaban J connectivity index is 2.84. The van der Waals surface area contributed by atoms with E-state index in [1.54, 1.807) is 7.11 Å². The van der Waals surface area contributed by atoms with Gasteiger partial charge in [0, 0.05) is 17.9 Å². The Morgan fingerprint density at radius 3 is 2.67 bits per heavy atom. The summed E-state index contributed by atoms with van der Waals surface area (Å²) in [7, 11) is 1.56. The second-order valence-electron chi connectivity index (χ2n) is 4.12. The molecule has 0 amide bonds. The highest BCUT2D eigenvalue weighted by Crippen LogP contribution is 2.24. The minimum Gasteiger partial charge on any atom is -0.496 e. The van der Waals surface area contributed by atoms with Crippen molar-refractivity contribution < 1.29 is 9.53 Å². The third-order valence-corrected chi connectivity index (χ3v) is 2.84. The van der Waals surface area contributed by atoms with Gasteiger partial charge in [-0.3, -0.25) is 4.79 Å². The van der Waals surface area contributed by atoms with Gasteiger partial charge >= 0.3 is 0 Å². The molecule has 0 saturated heterocycles. The van der Waals surface area contributed by atoms with Crippen LogP contribution in [0.5, 0.6) is 5.75 Å². The second-order valence-corrected chi connectivity index (χ2v) is 4.12. The Bertz CT molecular complexity index is 491. The number of ether oxygens (including phenoxy) is 1. The van der Waals surface area contributed by atoms with E-state index in [1.165, 1.54) is 0 Å². The first-order valence-electron chi connectivity index (χ1n) is 5.79. The largest absolute Gasteiger partial charge is 0.496 e. The zero-order valence-corrected chi connectivity index (χ0v) is 10.9. The van der Waals surface area contributed by atoms with Crippen LogP contribution in [0.3, 0.4) is 0 Å². The predicted octanol–water partition coefficient (Wildman–Crippen LogP) is 3.59. The summed E-state index contributed by atoms with van der Waals surface area (Å²) in [6.45, 7) is 4.29. The SMILES string of the molecule is COc1cc(C)c(C)cc1C(=O)CCCN=[N+]=[N-]. The summed E-state index contributed by atoms with van der Waals surface area (Å²) in [6.07, 6.45) is 0.914. The molecule has 0 aliphatic rings. The number of aryl methyl sites for hydroxylation is 2. The molecule has 0 bridgehead atoms. The van der Waals surface area contributed by atoms with Gasteiger partial charge in [0.15, 0.2) is 5.78 Å². The number of methoxy groups -OCH3 is 1. The Morgan fingerprint density at radius 1 is 1.39 bits per heavy atom. The monoisotopic (exact) mass is 247 g/mol. The fourth-order valence-corrected chi connectivity index (χ4v) is 1.67. The van der Waals surface area contributed by atoms with Gasteiger partial charge in [-0.25, -0.2) is 0 Å². The van der Waals surface area contributed by atoms with Crippen LogP contribution in [0.15, 0.2) is 17.2 Å². The number of azide groups is 1. The van der Waals surface area contributed by atoms with E-state index in [0.717, 1.165) is 11.1 Å². The lowest BCUT2D eigenvalue weighted by Crippen LogP contribution is -2.04. The third kappa shape index (κ3) is 3.50. The van der Waals surface area contributed by atoms with E-state index in [1.807, 2.05) is 26.0 Å². The van der Waals surface area contributed by atoms with Gasteiger partial charge in [-0.05, 0) is 49.1 Å². The highest BCUT2D eigenvalue weighted by molar-refractivity contribution is 5.99. The number of hydrogen-bond acceptors (Lipinski definition) is 3. The molecular formula is C13H17N3O2. The number of Topliss-reactive ketones (excluding diaryl/α,β-unsaturated/α-hetero) is 1. The quantitative estimate of drug-likeness (QED) is 0.253. The van der Waals surface area contributed by atoms with Gasteiger partial charge in [-0.1, -0.05) is 5.11 Å². The van der Waals surface area contributed by atoms with Crippen molar-refractivity contribution in [1.29, 1.82) is 0 Å². The summed E-state index contributed by atoms with van der Waals surface area (Å²) in [5.41, 5.74) is 10.9. The highest BCUT2D eigenvalue weighted by Gasteiger charge is 2.13. The van der Waals surface area contributed by atoms with Crippen molar-refractivity contribution in [2.45, 2.75) is 26.7 Å². The molecule has 1 rings (SSSR count). The fourth-order valence-electron chi connectivity index (χ4n) is 1.67. The average molecular weight is 247 g/mol. The van der Waals surface area contributed by atoms with E-state index in [9.17, 15) is 4.79 Å². The number of rotatable bonds is 6. The third-order valence-electron chi connectivity index (χ3n) is 2.84. The zero-order chi connectivity index (χ0) is 13.5. The van der Waals surface area contributed by atoms with Crippen LogP contribution in [0.4, 0.5) is 0 Å². The van der Waals surface area contributed by atoms with Crippen LogP contribution in [0.2, 0.25) is 0 Å². The highest BCUT2D eigenvalue weighted by atomic mass is 16.5. The van der Waals surface area contributed by atoms with Gasteiger partial charge < -0.3 is 4.74 Å². The van der Waals surface area contributed by atoms with Crippen LogP contribution in [-0.4, -0.2) is 19.4 Å². The smallest absolute Gasteiger partial charge is 0.166 e. The van der Waals surface area contributed by atoms with Crippen LogP contribution in [0.25, 0.3) is 10.4 Å². The molecule has 0 heterocycles. The number of carbonyl (C=O) groups is 1. The minimum absolute atomic E-state index is 0.0167. The van der Waals surface area contributed by atoms with Gasteiger partial charge in [0.2, 0.25) is 0 Å².